The van der Waals surface area contributed by atoms with Crippen molar-refractivity contribution in [2.24, 2.45) is 0 Å². The summed E-state index contributed by atoms with van der Waals surface area (Å²) < 4.78 is 0. The van der Waals surface area contributed by atoms with Crippen LogP contribution in [-0.2, 0) is 4.79 Å². The summed E-state index contributed by atoms with van der Waals surface area (Å²) >= 11 is 6.00. The predicted octanol–water partition coefficient (Wildman–Crippen LogP) is 3.66. The number of benzene rings is 2. The summed E-state index contributed by atoms with van der Waals surface area (Å²) in [5.41, 5.74) is 3.10. The van der Waals surface area contributed by atoms with Gasteiger partial charge in [-0.25, -0.2) is 0 Å². The van der Waals surface area contributed by atoms with E-state index in [1.165, 1.54) is 4.85 Å². The third-order valence-electron chi connectivity index (χ3n) is 3.85. The van der Waals surface area contributed by atoms with Crippen molar-refractivity contribution in [2.75, 3.05) is 5.32 Å². The number of aromatic nitrogens is 3. The fraction of sp³-hybridized carbons (Fsp3) is 0.278. The highest BCUT2D eigenvalue weighted by atomic mass is 35.5. The van der Waals surface area contributed by atoms with Crippen molar-refractivity contribution in [2.45, 2.75) is 32.8 Å². The number of carbonyl (C=O) groups excluding carboxylic acids is 1. The van der Waals surface area contributed by atoms with Gasteiger partial charge < -0.3 is 10.2 Å². The lowest BCUT2D eigenvalue weighted by Gasteiger charge is -2.17. The summed E-state index contributed by atoms with van der Waals surface area (Å²) in [5, 5.41) is 11.4. The highest BCUT2D eigenvalue weighted by molar-refractivity contribution is 6.31. The van der Waals surface area contributed by atoms with Crippen molar-refractivity contribution in [3.63, 3.8) is 0 Å². The number of amides is 1. The maximum Gasteiger partial charge on any atom is 0.267 e. The molecule has 0 aliphatic heterocycles. The van der Waals surface area contributed by atoms with E-state index in [9.17, 15) is 4.79 Å². The predicted molar refractivity (Wildman–Crippen MR) is 97.7 cm³/mol. The normalized spacial score (nSPS) is 12.4. The number of fused-ring (bicyclic) bond motifs is 1. The van der Waals surface area contributed by atoms with Gasteiger partial charge in [0.05, 0.1) is 0 Å². The van der Waals surface area contributed by atoms with Gasteiger partial charge in [-0.05, 0) is 47.9 Å². The lowest BCUT2D eigenvalue weighted by atomic mass is 10.0. The van der Waals surface area contributed by atoms with E-state index < -0.39 is 6.10 Å². The number of hydrogen-bond acceptors (Lipinski definition) is 4. The molecule has 1 heterocycles. The van der Waals surface area contributed by atoms with Crippen LogP contribution in [0.3, 0.4) is 0 Å². The van der Waals surface area contributed by atoms with Gasteiger partial charge in [-0.1, -0.05) is 48.5 Å². The maximum atomic E-state index is 12.5. The molecule has 0 fully saturated rings. The van der Waals surface area contributed by atoms with E-state index in [2.05, 4.69) is 29.5 Å². The summed E-state index contributed by atoms with van der Waals surface area (Å²) in [6, 6.07) is 12.9. The number of nitrogens with one attached hydrogen (secondary N) is 1. The van der Waals surface area contributed by atoms with Crippen molar-refractivity contribution < 1.29 is 9.63 Å². The van der Waals surface area contributed by atoms with Crippen LogP contribution >= 0.6 is 11.6 Å². The molecule has 7 heteroatoms. The number of halogens is 1. The molecule has 0 radical (unpaired) electrons. The highest BCUT2D eigenvalue weighted by Crippen LogP contribution is 2.24. The van der Waals surface area contributed by atoms with E-state index in [1.807, 2.05) is 24.3 Å². The van der Waals surface area contributed by atoms with E-state index in [4.69, 9.17) is 16.4 Å². The van der Waals surface area contributed by atoms with Crippen LogP contribution in [0.25, 0.3) is 11.0 Å². The molecule has 0 aliphatic carbocycles. The van der Waals surface area contributed by atoms with E-state index in [0.717, 1.165) is 11.3 Å². The molecule has 3 aromatic rings. The van der Waals surface area contributed by atoms with Crippen molar-refractivity contribution in [3.8, 4) is 0 Å². The first-order valence-electron chi connectivity index (χ1n) is 8.03. The molecule has 1 N–H and O–H groups in total. The molecular weight excluding hydrogens is 340 g/mol. The van der Waals surface area contributed by atoms with Crippen LogP contribution in [0, 0.1) is 0 Å². The molecule has 2 aromatic carbocycles. The summed E-state index contributed by atoms with van der Waals surface area (Å²) in [6.07, 6.45) is -0.760. The maximum absolute atomic E-state index is 12.5. The molecule has 0 saturated carbocycles. The Kier molecular flexibility index (Phi) is 4.90. The second-order valence-electron chi connectivity index (χ2n) is 6.07. The van der Waals surface area contributed by atoms with E-state index in [1.54, 1.807) is 25.1 Å². The topological polar surface area (TPSA) is 69.0 Å². The van der Waals surface area contributed by atoms with E-state index >= 15 is 0 Å². The zero-order valence-electron chi connectivity index (χ0n) is 14.2. The molecule has 130 valence electrons. The number of carbonyl (C=O) groups is 1. The SMILES string of the molecule is CC(On1nnc2ccc(Cl)cc21)C(=O)Nc1ccccc1C(C)C. The number of nitrogens with zero attached hydrogens (tertiary/aromatic N) is 3. The summed E-state index contributed by atoms with van der Waals surface area (Å²) in [4.78, 5) is 19.3. The van der Waals surface area contributed by atoms with Gasteiger partial charge in [0.2, 0.25) is 6.10 Å². The molecule has 6 nitrogen and oxygen atoms in total. The van der Waals surface area contributed by atoms with Crippen LogP contribution in [0.15, 0.2) is 42.5 Å². The fourth-order valence-electron chi connectivity index (χ4n) is 2.50. The van der Waals surface area contributed by atoms with Crippen LogP contribution in [0.4, 0.5) is 5.69 Å². The molecule has 0 aliphatic rings. The Morgan fingerprint density at radius 2 is 1.96 bits per heavy atom. The van der Waals surface area contributed by atoms with Gasteiger partial charge in [0.1, 0.15) is 11.0 Å². The summed E-state index contributed by atoms with van der Waals surface area (Å²) in [6.45, 7) is 5.82. The first-order valence-corrected chi connectivity index (χ1v) is 8.41. The van der Waals surface area contributed by atoms with E-state index in [-0.39, 0.29) is 5.91 Å². The number of rotatable bonds is 5. The molecule has 1 unspecified atom stereocenters. The molecule has 25 heavy (non-hydrogen) atoms. The third kappa shape index (κ3) is 3.74. The zero-order chi connectivity index (χ0) is 18.0. The minimum absolute atomic E-state index is 0.265. The second-order valence-corrected chi connectivity index (χ2v) is 6.51. The van der Waals surface area contributed by atoms with Crippen LogP contribution in [0.2, 0.25) is 5.02 Å². The molecule has 1 atom stereocenters. The van der Waals surface area contributed by atoms with Crippen molar-refractivity contribution in [3.05, 3.63) is 53.1 Å². The first kappa shape index (κ1) is 17.2. The summed E-state index contributed by atoms with van der Waals surface area (Å²) in [5.74, 6) is 0.0351. The van der Waals surface area contributed by atoms with Crippen molar-refractivity contribution >= 4 is 34.2 Å². The Labute approximate surface area is 150 Å². The van der Waals surface area contributed by atoms with Gasteiger partial charge in [-0.3, -0.25) is 4.79 Å². The minimum atomic E-state index is -0.760. The summed E-state index contributed by atoms with van der Waals surface area (Å²) in [7, 11) is 0. The number of anilines is 1. The van der Waals surface area contributed by atoms with Crippen LogP contribution in [0.5, 0.6) is 0 Å². The fourth-order valence-corrected chi connectivity index (χ4v) is 2.66. The van der Waals surface area contributed by atoms with Gasteiger partial charge >= 0.3 is 0 Å². The van der Waals surface area contributed by atoms with E-state index in [0.29, 0.717) is 22.0 Å². The Morgan fingerprint density at radius 1 is 1.20 bits per heavy atom. The van der Waals surface area contributed by atoms with Crippen LogP contribution in [0.1, 0.15) is 32.3 Å². The molecule has 0 saturated heterocycles. The molecule has 1 aromatic heterocycles. The van der Waals surface area contributed by atoms with Gasteiger partial charge in [0.15, 0.2) is 0 Å². The quantitative estimate of drug-likeness (QED) is 0.755. The Hall–Kier alpha value is -2.60. The van der Waals surface area contributed by atoms with Crippen LogP contribution in [-0.4, -0.2) is 27.2 Å². The highest BCUT2D eigenvalue weighted by Gasteiger charge is 2.19. The van der Waals surface area contributed by atoms with Gasteiger partial charge in [0, 0.05) is 10.7 Å². The molecule has 1 amide bonds. The zero-order valence-corrected chi connectivity index (χ0v) is 15.0. The average molecular weight is 359 g/mol. The lowest BCUT2D eigenvalue weighted by Crippen LogP contribution is -2.35. The molecule has 0 bridgehead atoms. The molecule has 3 rings (SSSR count). The largest absolute Gasteiger partial charge is 0.382 e. The van der Waals surface area contributed by atoms with Crippen molar-refractivity contribution in [1.82, 2.24) is 15.2 Å². The van der Waals surface area contributed by atoms with Gasteiger partial charge in [0.25, 0.3) is 5.91 Å². The van der Waals surface area contributed by atoms with Crippen LogP contribution < -0.4 is 10.2 Å². The minimum Gasteiger partial charge on any atom is -0.382 e. The first-order chi connectivity index (χ1) is 12.0. The van der Waals surface area contributed by atoms with Crippen molar-refractivity contribution in [1.29, 1.82) is 0 Å². The Balaban J connectivity index is 1.76. The number of para-hydroxylation sites is 1. The van der Waals surface area contributed by atoms with Gasteiger partial charge in [-0.2, -0.15) is 0 Å². The monoisotopic (exact) mass is 358 g/mol. The Morgan fingerprint density at radius 3 is 2.72 bits per heavy atom. The number of hydrogen-bond donors (Lipinski definition) is 1. The average Bonchev–Trinajstić information content (AvgIpc) is 2.97. The smallest absolute Gasteiger partial charge is 0.267 e. The van der Waals surface area contributed by atoms with Gasteiger partial charge in [-0.15, -0.1) is 5.10 Å². The lowest BCUT2D eigenvalue weighted by molar-refractivity contribution is -0.127. The standard InChI is InChI=1S/C18H19ClN4O2/c1-11(2)14-6-4-5-7-15(14)20-18(24)12(3)25-23-17-10-13(19)8-9-16(17)21-22-23/h4-12H,1-3H3,(H,20,24). The third-order valence-corrected chi connectivity index (χ3v) is 4.08. The Bertz CT molecular complexity index is 907. The second kappa shape index (κ2) is 7.11. The molecular formula is C18H19ClN4O2. The molecule has 0 spiro atoms.